The predicted octanol–water partition coefficient (Wildman–Crippen LogP) is 4.67. The number of alkyl halides is 3. The molecule has 2 aromatic rings. The van der Waals surface area contributed by atoms with Gasteiger partial charge in [0.05, 0.1) is 29.2 Å². The molecule has 1 aromatic carbocycles. The van der Waals surface area contributed by atoms with Gasteiger partial charge in [-0.1, -0.05) is 59.1 Å². The van der Waals surface area contributed by atoms with Gasteiger partial charge in [-0.05, 0) is 76.3 Å². The Morgan fingerprint density at radius 3 is 2.20 bits per heavy atom. The first-order chi connectivity index (χ1) is 27.5. The highest BCUT2D eigenvalue weighted by Crippen LogP contribution is 2.46. The summed E-state index contributed by atoms with van der Waals surface area (Å²) < 4.78 is 84.3. The number of nitrogens with zero attached hydrogens (tertiary/aromatic N) is 3. The van der Waals surface area contributed by atoms with Crippen LogP contribution in [0.15, 0.2) is 24.3 Å². The molecule has 1 aromatic heterocycles. The number of aromatic nitrogens is 2. The number of rotatable bonds is 18. The van der Waals surface area contributed by atoms with E-state index in [-0.39, 0.29) is 37.1 Å². The summed E-state index contributed by atoms with van der Waals surface area (Å²) in [5.74, 6) is -2.80. The number of methoxy groups -OCH3 is 1. The van der Waals surface area contributed by atoms with Gasteiger partial charge in [0, 0.05) is 6.42 Å². The second kappa shape index (κ2) is 17.3. The minimum Gasteiger partial charge on any atom is -0.479 e. The first kappa shape index (κ1) is 45.6. The van der Waals surface area contributed by atoms with Crippen molar-refractivity contribution < 1.29 is 55.0 Å². The number of carbonyl (C=O) groups is 4. The summed E-state index contributed by atoms with van der Waals surface area (Å²) in [5, 5.41) is 12.2. The number of hydrogen-bond acceptors (Lipinski definition) is 12. The molecule has 0 spiro atoms. The molecule has 4 N–H and O–H groups in total. The molecule has 5 rings (SSSR count). The third-order valence-electron chi connectivity index (χ3n) is 11.9. The zero-order valence-electron chi connectivity index (χ0n) is 34.7. The third-order valence-corrected chi connectivity index (χ3v) is 14.1. The predicted molar refractivity (Wildman–Crippen MR) is 209 cm³/mol. The molecule has 0 radical (unpaired) electrons. The van der Waals surface area contributed by atoms with Gasteiger partial charge in [-0.3, -0.25) is 24.5 Å². The van der Waals surface area contributed by atoms with Gasteiger partial charge >= 0.3 is 12.3 Å². The van der Waals surface area contributed by atoms with Gasteiger partial charge in [0.25, 0.3) is 5.91 Å². The Morgan fingerprint density at radius 1 is 1.05 bits per heavy atom. The van der Waals surface area contributed by atoms with Crippen molar-refractivity contribution in [3.8, 4) is 11.8 Å². The van der Waals surface area contributed by atoms with Gasteiger partial charge in [0.15, 0.2) is 0 Å². The van der Waals surface area contributed by atoms with E-state index in [1.54, 1.807) is 31.2 Å². The molecule has 1 aliphatic heterocycles. The van der Waals surface area contributed by atoms with E-state index in [0.717, 1.165) is 12.8 Å². The number of sulfonamides is 1. The maximum absolute atomic E-state index is 14.9. The van der Waals surface area contributed by atoms with Crippen LogP contribution in [-0.4, -0.2) is 101 Å². The highest BCUT2D eigenvalue weighted by Gasteiger charge is 2.62. The van der Waals surface area contributed by atoms with Crippen molar-refractivity contribution in [2.75, 3.05) is 13.7 Å². The topological polar surface area (TPSA) is 207 Å². The van der Waals surface area contributed by atoms with E-state index in [9.17, 15) is 40.8 Å². The second-order valence-corrected chi connectivity index (χ2v) is 19.1. The minimum atomic E-state index is -4.89. The van der Waals surface area contributed by atoms with Gasteiger partial charge in [-0.15, -0.1) is 10.2 Å². The molecule has 2 heterocycles. The number of carbonyl (C=O) groups excluding carboxylic acids is 4. The van der Waals surface area contributed by atoms with Crippen LogP contribution in [0.4, 0.5) is 18.0 Å². The average molecular weight is 856 g/mol. The molecule has 59 heavy (non-hydrogen) atoms. The first-order valence-corrected chi connectivity index (χ1v) is 21.5. The van der Waals surface area contributed by atoms with Crippen LogP contribution in [0.25, 0.3) is 10.8 Å². The molecule has 2 saturated carbocycles. The van der Waals surface area contributed by atoms with E-state index >= 15 is 0 Å². The summed E-state index contributed by atoms with van der Waals surface area (Å²) in [6, 6.07) is 4.49. The molecular weight excluding hydrogens is 800 g/mol. The summed E-state index contributed by atoms with van der Waals surface area (Å²) in [5.41, 5.74) is 0.351. The lowest BCUT2D eigenvalue weighted by Gasteiger charge is -2.34. The largest absolute Gasteiger partial charge is 0.479 e. The Morgan fingerprint density at radius 2 is 1.66 bits per heavy atom. The number of hydrazine groups is 1. The number of hydrogen-bond donors (Lipinski definition) is 4. The molecule has 7 atom stereocenters. The Kier molecular flexibility index (Phi) is 13.3. The fraction of sp³-hybridized carbons (Fsp3) is 0.692. The third kappa shape index (κ3) is 9.79. The zero-order valence-corrected chi connectivity index (χ0v) is 35.5. The molecule has 7 unspecified atom stereocenters. The average Bonchev–Trinajstić information content (AvgIpc) is 4.02. The number of fused-ring (bicyclic) bond motifs is 1. The molecule has 328 valence electrons. The standard InChI is InChI=1S/C39H56F3N7O9S/c1-9-13-22(3)18-24(10-2)29(44-47-35(53)58-36(5,6)39(40,41)42)33(51)49-21-25(57-32-27-15-12-11-14-26(27)31(56-8)45-46-32)19-28(49)30(50)43-38(20-23(38)4)34(52)48-59(54,55)37(7)16-17-37/h11-12,14-15,22-25,28-29,44H,9-10,13,16-21H2,1-8H3,(H,43,50)(H,47,53)(H,48,52). The van der Waals surface area contributed by atoms with Crippen molar-refractivity contribution >= 4 is 44.6 Å². The van der Waals surface area contributed by atoms with Crippen molar-refractivity contribution in [3.63, 3.8) is 0 Å². The van der Waals surface area contributed by atoms with Crippen molar-refractivity contribution in [2.45, 2.75) is 140 Å². The van der Waals surface area contributed by atoms with E-state index in [0.29, 0.717) is 50.3 Å². The maximum Gasteiger partial charge on any atom is 0.427 e. The quantitative estimate of drug-likeness (QED) is 0.151. The van der Waals surface area contributed by atoms with Crippen LogP contribution in [0.3, 0.4) is 0 Å². The Bertz CT molecular complexity index is 2020. The Balaban J connectivity index is 1.47. The van der Waals surface area contributed by atoms with E-state index in [4.69, 9.17) is 9.47 Å². The summed E-state index contributed by atoms with van der Waals surface area (Å²) >= 11 is 0. The van der Waals surface area contributed by atoms with Crippen LogP contribution in [0.1, 0.15) is 99.8 Å². The number of halogens is 3. The Labute approximate surface area is 342 Å². The van der Waals surface area contributed by atoms with Crippen molar-refractivity contribution in [3.05, 3.63) is 24.3 Å². The number of benzene rings is 1. The van der Waals surface area contributed by atoms with E-state index in [1.165, 1.54) is 18.9 Å². The van der Waals surface area contributed by atoms with Crippen LogP contribution in [-0.2, 0) is 29.1 Å². The molecule has 16 nitrogen and oxygen atoms in total. The van der Waals surface area contributed by atoms with Gasteiger partial charge in [0.2, 0.25) is 39.2 Å². The van der Waals surface area contributed by atoms with Gasteiger partial charge in [0.1, 0.15) is 23.7 Å². The van der Waals surface area contributed by atoms with Crippen molar-refractivity contribution in [2.24, 2.45) is 17.8 Å². The van der Waals surface area contributed by atoms with Gasteiger partial charge in [-0.2, -0.15) is 13.2 Å². The lowest BCUT2D eigenvalue weighted by molar-refractivity contribution is -0.244. The minimum absolute atomic E-state index is 0.0940. The molecule has 2 aliphatic carbocycles. The number of ether oxygens (including phenoxy) is 3. The van der Waals surface area contributed by atoms with Crippen molar-refractivity contribution in [1.82, 2.24) is 36.0 Å². The summed E-state index contributed by atoms with van der Waals surface area (Å²) in [7, 11) is -2.60. The normalized spacial score (nSPS) is 24.1. The molecule has 0 bridgehead atoms. The number of amides is 4. The fourth-order valence-electron chi connectivity index (χ4n) is 7.56. The monoisotopic (exact) mass is 855 g/mol. The zero-order chi connectivity index (χ0) is 43.7. The van der Waals surface area contributed by atoms with Gasteiger partial charge < -0.3 is 24.4 Å². The fourth-order valence-corrected chi connectivity index (χ4v) is 8.87. The highest BCUT2D eigenvalue weighted by atomic mass is 32.2. The van der Waals surface area contributed by atoms with Crippen LogP contribution >= 0.6 is 0 Å². The molecule has 1 saturated heterocycles. The van der Waals surface area contributed by atoms with E-state index in [2.05, 4.69) is 35.8 Å². The van der Waals surface area contributed by atoms with Crippen LogP contribution in [0, 0.1) is 17.8 Å². The number of likely N-dealkylation sites (tertiary alicyclic amines) is 1. The van der Waals surface area contributed by atoms with E-state index < -0.39 is 85.9 Å². The number of nitrogens with one attached hydrogen (secondary N) is 4. The molecule has 3 aliphatic rings. The lowest BCUT2D eigenvalue weighted by atomic mass is 9.85. The van der Waals surface area contributed by atoms with Crippen LogP contribution in [0.5, 0.6) is 11.8 Å². The molecule has 4 amide bonds. The summed E-state index contributed by atoms with van der Waals surface area (Å²) in [6.45, 7) is 10.3. The SMILES string of the molecule is CCCC(C)CC(CC)C(NNC(=O)OC(C)(C)C(F)(F)F)C(=O)N1CC(Oc2nnc(OC)c3ccccc23)CC1C(=O)NC1(C(=O)NS(=O)(=O)C2(C)CC2)CC1C. The summed E-state index contributed by atoms with van der Waals surface area (Å²) in [6.07, 6.45) is -3.89. The highest BCUT2D eigenvalue weighted by molar-refractivity contribution is 7.91. The smallest absolute Gasteiger partial charge is 0.427 e. The van der Waals surface area contributed by atoms with Gasteiger partial charge in [-0.25, -0.2) is 18.6 Å². The molecular formula is C39H56F3N7O9S. The maximum atomic E-state index is 14.9. The van der Waals surface area contributed by atoms with Crippen LogP contribution in [0.2, 0.25) is 0 Å². The lowest BCUT2D eigenvalue weighted by Crippen LogP contribution is -2.61. The molecule has 3 fully saturated rings. The van der Waals surface area contributed by atoms with Crippen molar-refractivity contribution in [1.29, 1.82) is 0 Å². The van der Waals surface area contributed by atoms with E-state index in [1.807, 2.05) is 20.8 Å². The first-order valence-electron chi connectivity index (χ1n) is 20.0. The van der Waals surface area contributed by atoms with Crippen LogP contribution < -0.4 is 30.4 Å². The Hall–Kier alpha value is -4.46. The second-order valence-electron chi connectivity index (χ2n) is 16.9. The summed E-state index contributed by atoms with van der Waals surface area (Å²) in [4.78, 5) is 57.0. The molecule has 20 heteroatoms.